The van der Waals surface area contributed by atoms with Crippen LogP contribution in [0.2, 0.25) is 0 Å². The van der Waals surface area contributed by atoms with Gasteiger partial charge in [-0.1, -0.05) is 6.92 Å². The standard InChI is InChI=1S/C11H18N6O2S2/c1-2-7-6-8-9(14-4-3-5-21(13,18)19)15-11(17-12)16-10(8)20-7/h6H,2-5,12H2,1H3,(H2,13,18,19)(H2,14,15,16,17). The molecule has 0 atom stereocenters. The van der Waals surface area contributed by atoms with Crippen molar-refractivity contribution in [3.05, 3.63) is 10.9 Å². The SMILES string of the molecule is CCc1cc2c(NCCCS(N)(=O)=O)nc(NN)nc2s1. The first kappa shape index (κ1) is 15.9. The van der Waals surface area contributed by atoms with Gasteiger partial charge in [-0.3, -0.25) is 5.43 Å². The lowest BCUT2D eigenvalue weighted by Crippen LogP contribution is -2.19. The van der Waals surface area contributed by atoms with Gasteiger partial charge in [0.1, 0.15) is 10.6 Å². The molecule has 8 nitrogen and oxygen atoms in total. The first-order chi connectivity index (χ1) is 9.93. The minimum Gasteiger partial charge on any atom is -0.369 e. The number of hydrogen-bond donors (Lipinski definition) is 4. The van der Waals surface area contributed by atoms with Crippen molar-refractivity contribution in [3.63, 3.8) is 0 Å². The monoisotopic (exact) mass is 330 g/mol. The Labute approximate surface area is 127 Å². The number of sulfonamides is 1. The van der Waals surface area contributed by atoms with Crippen LogP contribution in [-0.4, -0.2) is 30.7 Å². The molecule has 116 valence electrons. The lowest BCUT2D eigenvalue weighted by molar-refractivity contribution is 0.596. The fourth-order valence-electron chi connectivity index (χ4n) is 1.83. The second-order valence-corrected chi connectivity index (χ2v) is 7.32. The molecule has 0 bridgehead atoms. The zero-order valence-corrected chi connectivity index (χ0v) is 13.2. The third-order valence-electron chi connectivity index (χ3n) is 2.82. The molecule has 0 aliphatic heterocycles. The van der Waals surface area contributed by atoms with E-state index in [9.17, 15) is 8.42 Å². The van der Waals surface area contributed by atoms with E-state index in [2.05, 4.69) is 27.6 Å². The summed E-state index contributed by atoms with van der Waals surface area (Å²) in [4.78, 5) is 10.6. The summed E-state index contributed by atoms with van der Waals surface area (Å²) in [6.07, 6.45) is 1.32. The Kier molecular flexibility index (Phi) is 4.93. The number of nitrogens with two attached hydrogens (primary N) is 2. The Balaban J connectivity index is 2.18. The third kappa shape index (κ3) is 4.24. The molecule has 0 spiro atoms. The molecule has 2 aromatic rings. The average molecular weight is 330 g/mol. The highest BCUT2D eigenvalue weighted by molar-refractivity contribution is 7.89. The summed E-state index contributed by atoms with van der Waals surface area (Å²) in [5, 5.41) is 8.99. The number of nitrogens with one attached hydrogen (secondary N) is 2. The zero-order valence-electron chi connectivity index (χ0n) is 11.6. The minimum absolute atomic E-state index is 0.0694. The quantitative estimate of drug-likeness (QED) is 0.332. The molecular weight excluding hydrogens is 312 g/mol. The summed E-state index contributed by atoms with van der Waals surface area (Å²) in [5.74, 6) is 6.26. The summed E-state index contributed by atoms with van der Waals surface area (Å²) < 4.78 is 21.8. The van der Waals surface area contributed by atoms with Crippen molar-refractivity contribution in [2.24, 2.45) is 11.0 Å². The Morgan fingerprint density at radius 3 is 2.76 bits per heavy atom. The number of primary sulfonamides is 1. The molecule has 0 aliphatic carbocycles. The molecule has 21 heavy (non-hydrogen) atoms. The highest BCUT2D eigenvalue weighted by Gasteiger charge is 2.11. The van der Waals surface area contributed by atoms with Gasteiger partial charge in [0.15, 0.2) is 0 Å². The second kappa shape index (κ2) is 6.52. The predicted octanol–water partition coefficient (Wildman–Crippen LogP) is 0.630. The molecule has 2 heterocycles. The number of anilines is 2. The van der Waals surface area contributed by atoms with Crippen molar-refractivity contribution in [2.45, 2.75) is 19.8 Å². The molecule has 0 amide bonds. The second-order valence-electron chi connectivity index (χ2n) is 4.47. The van der Waals surface area contributed by atoms with Gasteiger partial charge in [0, 0.05) is 11.4 Å². The van der Waals surface area contributed by atoms with Crippen LogP contribution in [0, 0.1) is 0 Å². The van der Waals surface area contributed by atoms with Gasteiger partial charge < -0.3 is 5.32 Å². The van der Waals surface area contributed by atoms with Crippen molar-refractivity contribution in [2.75, 3.05) is 23.0 Å². The van der Waals surface area contributed by atoms with Crippen molar-refractivity contribution in [3.8, 4) is 0 Å². The molecular formula is C11H18N6O2S2. The number of rotatable bonds is 7. The van der Waals surface area contributed by atoms with E-state index in [0.29, 0.717) is 24.7 Å². The van der Waals surface area contributed by atoms with E-state index in [1.165, 1.54) is 4.88 Å². The number of fused-ring (bicyclic) bond motifs is 1. The molecule has 0 unspecified atom stereocenters. The summed E-state index contributed by atoms with van der Waals surface area (Å²) >= 11 is 1.58. The molecule has 10 heteroatoms. The number of nitrogen functional groups attached to an aromatic ring is 1. The smallest absolute Gasteiger partial charge is 0.240 e. The van der Waals surface area contributed by atoms with E-state index in [0.717, 1.165) is 16.6 Å². The molecule has 0 aromatic carbocycles. The minimum atomic E-state index is -3.44. The molecule has 0 radical (unpaired) electrons. The molecule has 6 N–H and O–H groups in total. The van der Waals surface area contributed by atoms with Crippen LogP contribution in [0.1, 0.15) is 18.2 Å². The first-order valence-electron chi connectivity index (χ1n) is 6.44. The van der Waals surface area contributed by atoms with Gasteiger partial charge in [-0.25, -0.2) is 24.4 Å². The van der Waals surface area contributed by atoms with Crippen molar-refractivity contribution in [1.82, 2.24) is 9.97 Å². The predicted molar refractivity (Wildman–Crippen MR) is 85.7 cm³/mol. The van der Waals surface area contributed by atoms with Gasteiger partial charge in [-0.15, -0.1) is 11.3 Å². The first-order valence-corrected chi connectivity index (χ1v) is 8.97. The molecule has 0 aliphatic rings. The van der Waals surface area contributed by atoms with Gasteiger partial charge in [0.05, 0.1) is 11.1 Å². The van der Waals surface area contributed by atoms with E-state index in [4.69, 9.17) is 11.0 Å². The van der Waals surface area contributed by atoms with E-state index >= 15 is 0 Å². The van der Waals surface area contributed by atoms with Crippen LogP contribution in [0.4, 0.5) is 11.8 Å². The van der Waals surface area contributed by atoms with E-state index in [1.807, 2.05) is 6.07 Å². The van der Waals surface area contributed by atoms with E-state index < -0.39 is 10.0 Å². The highest BCUT2D eigenvalue weighted by atomic mass is 32.2. The molecule has 0 saturated heterocycles. The Hall–Kier alpha value is -1.49. The van der Waals surface area contributed by atoms with Gasteiger partial charge >= 0.3 is 0 Å². The number of thiophene rings is 1. The summed E-state index contributed by atoms with van der Waals surface area (Å²) in [7, 11) is -3.44. The van der Waals surface area contributed by atoms with Crippen LogP contribution < -0.4 is 21.7 Å². The van der Waals surface area contributed by atoms with E-state index in [-0.39, 0.29) is 5.75 Å². The van der Waals surface area contributed by atoms with Crippen molar-refractivity contribution < 1.29 is 8.42 Å². The van der Waals surface area contributed by atoms with Crippen LogP contribution in [0.25, 0.3) is 10.2 Å². The fraction of sp³-hybridized carbons (Fsp3) is 0.455. The van der Waals surface area contributed by atoms with Crippen LogP contribution in [0.5, 0.6) is 0 Å². The van der Waals surface area contributed by atoms with Gasteiger partial charge in [-0.2, -0.15) is 4.98 Å². The largest absolute Gasteiger partial charge is 0.369 e. The van der Waals surface area contributed by atoms with Crippen LogP contribution in [-0.2, 0) is 16.4 Å². The number of nitrogens with zero attached hydrogens (tertiary/aromatic N) is 2. The maximum absolute atomic E-state index is 10.9. The summed E-state index contributed by atoms with van der Waals surface area (Å²) in [6.45, 7) is 2.52. The van der Waals surface area contributed by atoms with Gasteiger partial charge in [-0.05, 0) is 18.9 Å². The summed E-state index contributed by atoms with van der Waals surface area (Å²) in [6, 6.07) is 2.03. The fourth-order valence-corrected chi connectivity index (χ4v) is 3.34. The topological polar surface area (TPSA) is 136 Å². The molecule has 2 aromatic heterocycles. The molecule has 2 rings (SSSR count). The molecule has 0 saturated carbocycles. The molecule has 0 fully saturated rings. The Morgan fingerprint density at radius 1 is 1.38 bits per heavy atom. The number of hydrogen-bond acceptors (Lipinski definition) is 8. The van der Waals surface area contributed by atoms with Crippen LogP contribution in [0.15, 0.2) is 6.07 Å². The maximum Gasteiger partial charge on any atom is 0.240 e. The lowest BCUT2D eigenvalue weighted by atomic mass is 10.3. The average Bonchev–Trinajstić information content (AvgIpc) is 2.85. The Morgan fingerprint density at radius 2 is 2.14 bits per heavy atom. The van der Waals surface area contributed by atoms with Gasteiger partial charge in [0.2, 0.25) is 16.0 Å². The van der Waals surface area contributed by atoms with Gasteiger partial charge in [0.25, 0.3) is 0 Å². The zero-order chi connectivity index (χ0) is 15.5. The lowest BCUT2D eigenvalue weighted by Gasteiger charge is -2.08. The highest BCUT2D eigenvalue weighted by Crippen LogP contribution is 2.30. The number of aromatic nitrogens is 2. The maximum atomic E-state index is 10.9. The van der Waals surface area contributed by atoms with Crippen molar-refractivity contribution >= 4 is 43.3 Å². The van der Waals surface area contributed by atoms with Crippen LogP contribution in [0.3, 0.4) is 0 Å². The third-order valence-corrected chi connectivity index (χ3v) is 4.85. The number of hydrazine groups is 1. The van der Waals surface area contributed by atoms with Crippen molar-refractivity contribution in [1.29, 1.82) is 0 Å². The Bertz CT molecular complexity index is 728. The van der Waals surface area contributed by atoms with Crippen LogP contribution >= 0.6 is 11.3 Å². The summed E-state index contributed by atoms with van der Waals surface area (Å²) in [5.41, 5.74) is 2.43. The normalized spacial score (nSPS) is 11.8. The van der Waals surface area contributed by atoms with E-state index in [1.54, 1.807) is 11.3 Å². The number of aryl methyl sites for hydroxylation is 1.